The molecule has 0 bridgehead atoms. The molecule has 0 radical (unpaired) electrons. The van der Waals surface area contributed by atoms with E-state index in [0.717, 1.165) is 16.5 Å². The Kier molecular flexibility index (Phi) is 3.12. The molecule has 1 heterocycles. The van der Waals surface area contributed by atoms with Crippen LogP contribution in [0.2, 0.25) is 0 Å². The van der Waals surface area contributed by atoms with Gasteiger partial charge >= 0.3 is 0 Å². The molecule has 0 spiro atoms. The molecular formula is C12H10N4. The number of H-pyrrole nitrogens is 1. The summed E-state index contributed by atoms with van der Waals surface area (Å²) in [6, 6.07) is 7.97. The first-order valence-electron chi connectivity index (χ1n) is 4.97. The normalized spacial score (nSPS) is 9.25. The highest BCUT2D eigenvalue weighted by atomic mass is 15.1. The SMILES string of the molecule is [N-]=[N+]=NCCC#Cc1cccc2[nH]ccc12. The van der Waals surface area contributed by atoms with E-state index in [1.807, 2.05) is 30.5 Å². The number of fused-ring (bicyclic) bond motifs is 1. The van der Waals surface area contributed by atoms with E-state index >= 15 is 0 Å². The van der Waals surface area contributed by atoms with Crippen LogP contribution in [0.25, 0.3) is 21.3 Å². The Morgan fingerprint density at radius 2 is 2.31 bits per heavy atom. The number of aromatic nitrogens is 1. The van der Waals surface area contributed by atoms with E-state index in [0.29, 0.717) is 13.0 Å². The average molecular weight is 210 g/mol. The lowest BCUT2D eigenvalue weighted by atomic mass is 10.1. The van der Waals surface area contributed by atoms with Crippen LogP contribution in [0.4, 0.5) is 0 Å². The zero-order chi connectivity index (χ0) is 11.2. The van der Waals surface area contributed by atoms with Crippen LogP contribution >= 0.6 is 0 Å². The number of hydrogen-bond acceptors (Lipinski definition) is 1. The van der Waals surface area contributed by atoms with Crippen molar-refractivity contribution in [1.29, 1.82) is 0 Å². The van der Waals surface area contributed by atoms with E-state index in [1.54, 1.807) is 0 Å². The average Bonchev–Trinajstić information content (AvgIpc) is 2.77. The third-order valence-electron chi connectivity index (χ3n) is 2.22. The van der Waals surface area contributed by atoms with Crippen molar-refractivity contribution in [2.24, 2.45) is 5.11 Å². The molecule has 1 N–H and O–H groups in total. The largest absolute Gasteiger partial charge is 0.361 e. The molecule has 0 fully saturated rings. The van der Waals surface area contributed by atoms with Crippen molar-refractivity contribution >= 4 is 10.9 Å². The Morgan fingerprint density at radius 1 is 1.38 bits per heavy atom. The van der Waals surface area contributed by atoms with Crippen molar-refractivity contribution in [3.63, 3.8) is 0 Å². The van der Waals surface area contributed by atoms with Crippen molar-refractivity contribution < 1.29 is 0 Å². The molecule has 0 aliphatic carbocycles. The molecule has 78 valence electrons. The lowest BCUT2D eigenvalue weighted by Crippen LogP contribution is -1.77. The molecule has 0 aliphatic heterocycles. The molecule has 0 aliphatic rings. The van der Waals surface area contributed by atoms with Crippen molar-refractivity contribution in [2.75, 3.05) is 6.54 Å². The summed E-state index contributed by atoms with van der Waals surface area (Å²) in [5.74, 6) is 6.07. The Labute approximate surface area is 92.9 Å². The second-order valence-electron chi connectivity index (χ2n) is 3.25. The lowest BCUT2D eigenvalue weighted by molar-refractivity contribution is 1.01. The molecule has 0 saturated heterocycles. The molecule has 1 aromatic carbocycles. The fourth-order valence-electron chi connectivity index (χ4n) is 1.50. The molecule has 16 heavy (non-hydrogen) atoms. The van der Waals surface area contributed by atoms with Crippen LogP contribution in [-0.4, -0.2) is 11.5 Å². The van der Waals surface area contributed by atoms with Gasteiger partial charge in [0.15, 0.2) is 0 Å². The lowest BCUT2D eigenvalue weighted by Gasteiger charge is -1.92. The number of aromatic amines is 1. The third kappa shape index (κ3) is 2.17. The van der Waals surface area contributed by atoms with Gasteiger partial charge in [0.2, 0.25) is 0 Å². The van der Waals surface area contributed by atoms with Crippen molar-refractivity contribution in [3.05, 3.63) is 46.5 Å². The van der Waals surface area contributed by atoms with Crippen LogP contribution in [0.3, 0.4) is 0 Å². The molecule has 0 unspecified atom stereocenters. The third-order valence-corrected chi connectivity index (χ3v) is 2.22. The summed E-state index contributed by atoms with van der Waals surface area (Å²) >= 11 is 0. The van der Waals surface area contributed by atoms with Crippen LogP contribution in [0.1, 0.15) is 12.0 Å². The van der Waals surface area contributed by atoms with Gasteiger partial charge < -0.3 is 4.98 Å². The molecule has 0 saturated carbocycles. The van der Waals surface area contributed by atoms with Crippen molar-refractivity contribution in [1.82, 2.24) is 4.98 Å². The second-order valence-corrected chi connectivity index (χ2v) is 3.25. The Hall–Kier alpha value is -2.37. The minimum absolute atomic E-state index is 0.423. The van der Waals surface area contributed by atoms with E-state index in [9.17, 15) is 0 Å². The van der Waals surface area contributed by atoms with Gasteiger partial charge in [0.25, 0.3) is 0 Å². The summed E-state index contributed by atoms with van der Waals surface area (Å²) in [6.45, 7) is 0.423. The van der Waals surface area contributed by atoms with Crippen LogP contribution < -0.4 is 0 Å². The first-order chi connectivity index (χ1) is 7.92. The van der Waals surface area contributed by atoms with E-state index in [1.165, 1.54) is 0 Å². The molecule has 0 amide bonds. The number of hydrogen-bond donors (Lipinski definition) is 1. The molecule has 4 nitrogen and oxygen atoms in total. The summed E-state index contributed by atoms with van der Waals surface area (Å²) in [7, 11) is 0. The van der Waals surface area contributed by atoms with Gasteiger partial charge in [-0.1, -0.05) is 23.0 Å². The van der Waals surface area contributed by atoms with Gasteiger partial charge in [-0.2, -0.15) is 0 Å². The highest BCUT2D eigenvalue weighted by Crippen LogP contribution is 2.15. The van der Waals surface area contributed by atoms with Crippen molar-refractivity contribution in [3.8, 4) is 11.8 Å². The van der Waals surface area contributed by atoms with Gasteiger partial charge in [0, 0.05) is 40.5 Å². The van der Waals surface area contributed by atoms with Crippen molar-refractivity contribution in [2.45, 2.75) is 6.42 Å². The molecule has 4 heteroatoms. The number of rotatable bonds is 2. The first kappa shape index (κ1) is 10.2. The summed E-state index contributed by atoms with van der Waals surface area (Å²) in [4.78, 5) is 5.81. The molecule has 2 rings (SSSR count). The number of nitrogens with one attached hydrogen (secondary N) is 1. The van der Waals surface area contributed by atoms with Gasteiger partial charge in [-0.25, -0.2) is 0 Å². The summed E-state index contributed by atoms with van der Waals surface area (Å²) in [6.07, 6.45) is 2.49. The highest BCUT2D eigenvalue weighted by Gasteiger charge is 1.96. The number of nitrogens with zero attached hydrogens (tertiary/aromatic N) is 3. The molecule has 1 aromatic heterocycles. The van der Waals surface area contributed by atoms with Gasteiger partial charge in [-0.05, 0) is 23.7 Å². The first-order valence-corrected chi connectivity index (χ1v) is 4.97. The van der Waals surface area contributed by atoms with Gasteiger partial charge in [0.1, 0.15) is 0 Å². The molecule has 0 atom stereocenters. The van der Waals surface area contributed by atoms with Gasteiger partial charge in [0.05, 0.1) is 0 Å². The predicted molar refractivity (Wildman–Crippen MR) is 63.8 cm³/mol. The van der Waals surface area contributed by atoms with Crippen LogP contribution in [0.15, 0.2) is 35.6 Å². The maximum Gasteiger partial charge on any atom is 0.0466 e. The minimum Gasteiger partial charge on any atom is -0.361 e. The number of azide groups is 1. The Bertz CT molecular complexity index is 594. The Morgan fingerprint density at radius 3 is 3.19 bits per heavy atom. The topological polar surface area (TPSA) is 64.6 Å². The summed E-state index contributed by atoms with van der Waals surface area (Å²) < 4.78 is 0. The minimum atomic E-state index is 0.423. The zero-order valence-corrected chi connectivity index (χ0v) is 8.64. The van der Waals surface area contributed by atoms with Crippen LogP contribution in [-0.2, 0) is 0 Å². The predicted octanol–water partition coefficient (Wildman–Crippen LogP) is 3.22. The van der Waals surface area contributed by atoms with Crippen LogP contribution in [0, 0.1) is 11.8 Å². The van der Waals surface area contributed by atoms with Crippen LogP contribution in [0.5, 0.6) is 0 Å². The summed E-state index contributed by atoms with van der Waals surface area (Å²) in [5, 5.41) is 4.55. The van der Waals surface area contributed by atoms with E-state index in [-0.39, 0.29) is 0 Å². The van der Waals surface area contributed by atoms with E-state index < -0.39 is 0 Å². The monoisotopic (exact) mass is 210 g/mol. The smallest absolute Gasteiger partial charge is 0.0466 e. The maximum atomic E-state index is 8.10. The highest BCUT2D eigenvalue weighted by molar-refractivity contribution is 5.85. The van der Waals surface area contributed by atoms with Gasteiger partial charge in [-0.3, -0.25) is 0 Å². The molecule has 2 aromatic rings. The second kappa shape index (κ2) is 4.92. The standard InChI is InChI=1S/C12H10N4/c13-16-15-8-2-1-4-10-5-3-6-12-11(10)7-9-14-12/h3,5-7,9,14H,2,8H2. The summed E-state index contributed by atoms with van der Waals surface area (Å²) in [5.41, 5.74) is 10.2. The number of benzene rings is 1. The maximum absolute atomic E-state index is 8.10. The fraction of sp³-hybridized carbons (Fsp3) is 0.167. The van der Waals surface area contributed by atoms with E-state index in [4.69, 9.17) is 5.53 Å². The van der Waals surface area contributed by atoms with Gasteiger partial charge in [-0.15, -0.1) is 0 Å². The Balaban J connectivity index is 2.20. The molecular weight excluding hydrogens is 200 g/mol. The quantitative estimate of drug-likeness (QED) is 0.260. The zero-order valence-electron chi connectivity index (χ0n) is 8.64. The van der Waals surface area contributed by atoms with E-state index in [2.05, 4.69) is 26.9 Å². The fourth-order valence-corrected chi connectivity index (χ4v) is 1.50.